The number of hydrogen-bond acceptors (Lipinski definition) is 5. The van der Waals surface area contributed by atoms with Crippen LogP contribution in [0.1, 0.15) is 39.2 Å². The van der Waals surface area contributed by atoms with Crippen molar-refractivity contribution in [2.45, 2.75) is 51.4 Å². The fourth-order valence-corrected chi connectivity index (χ4v) is 3.67. The number of amides is 2. The fraction of sp³-hybridized carbons (Fsp3) is 0.650. The minimum Gasteiger partial charge on any atom is -0.444 e. The summed E-state index contributed by atoms with van der Waals surface area (Å²) in [6, 6.07) is 1.83. The topological polar surface area (TPSA) is 66.0 Å². The van der Waals surface area contributed by atoms with Gasteiger partial charge in [0.2, 0.25) is 5.91 Å². The summed E-state index contributed by atoms with van der Waals surface area (Å²) < 4.78 is 43.5. The van der Waals surface area contributed by atoms with Crippen molar-refractivity contribution in [2.75, 3.05) is 37.6 Å². The van der Waals surface area contributed by atoms with E-state index in [1.165, 1.54) is 11.0 Å². The van der Waals surface area contributed by atoms with E-state index in [2.05, 4.69) is 4.98 Å². The highest BCUT2D eigenvalue weighted by atomic mass is 19.4. The molecule has 0 saturated carbocycles. The number of aromatic nitrogens is 1. The van der Waals surface area contributed by atoms with Crippen LogP contribution in [0, 0.1) is 0 Å². The highest BCUT2D eigenvalue weighted by molar-refractivity contribution is 5.86. The molecular weight excluding hydrogens is 401 g/mol. The van der Waals surface area contributed by atoms with E-state index < -0.39 is 29.5 Å². The highest BCUT2D eigenvalue weighted by Gasteiger charge is 2.39. The normalized spacial score (nSPS) is 20.5. The molecule has 2 aliphatic rings. The molecule has 2 amide bonds. The average molecular weight is 428 g/mol. The van der Waals surface area contributed by atoms with Gasteiger partial charge in [0.1, 0.15) is 17.5 Å². The van der Waals surface area contributed by atoms with Crippen LogP contribution in [0.15, 0.2) is 18.3 Å². The lowest BCUT2D eigenvalue weighted by Crippen LogP contribution is -2.55. The summed E-state index contributed by atoms with van der Waals surface area (Å²) in [6.07, 6.45) is -2.74. The number of rotatable bonds is 2. The Morgan fingerprint density at radius 2 is 1.73 bits per heavy atom. The molecule has 0 radical (unpaired) electrons. The van der Waals surface area contributed by atoms with Gasteiger partial charge < -0.3 is 14.5 Å². The van der Waals surface area contributed by atoms with Gasteiger partial charge in [-0.15, -0.1) is 0 Å². The monoisotopic (exact) mass is 428 g/mol. The van der Waals surface area contributed by atoms with E-state index in [1.807, 2.05) is 4.90 Å². The summed E-state index contributed by atoms with van der Waals surface area (Å²) in [5, 5.41) is 0. The molecule has 1 atom stereocenters. The summed E-state index contributed by atoms with van der Waals surface area (Å²) in [5.74, 6) is 0.338. The molecular formula is C20H27F3N4O3. The zero-order chi connectivity index (χ0) is 22.1. The quantitative estimate of drug-likeness (QED) is 0.724. The molecule has 30 heavy (non-hydrogen) atoms. The van der Waals surface area contributed by atoms with E-state index >= 15 is 0 Å². The molecule has 3 rings (SSSR count). The van der Waals surface area contributed by atoms with Crippen molar-refractivity contribution in [2.24, 2.45) is 0 Å². The Morgan fingerprint density at radius 3 is 2.27 bits per heavy atom. The van der Waals surface area contributed by atoms with Gasteiger partial charge >= 0.3 is 12.3 Å². The van der Waals surface area contributed by atoms with Gasteiger partial charge in [0.15, 0.2) is 0 Å². The van der Waals surface area contributed by atoms with Gasteiger partial charge in [-0.2, -0.15) is 13.2 Å². The smallest absolute Gasteiger partial charge is 0.417 e. The third-order valence-electron chi connectivity index (χ3n) is 5.16. The molecule has 0 aliphatic carbocycles. The molecule has 1 aromatic heterocycles. The molecule has 2 aliphatic heterocycles. The second kappa shape index (κ2) is 8.31. The Balaban J connectivity index is 1.58. The van der Waals surface area contributed by atoms with E-state index in [0.717, 1.165) is 18.7 Å². The molecule has 2 saturated heterocycles. The number of carbonyl (C=O) groups is 2. The van der Waals surface area contributed by atoms with Crippen molar-refractivity contribution in [3.63, 3.8) is 0 Å². The minimum absolute atomic E-state index is 0.113. The Labute approximate surface area is 173 Å². The average Bonchev–Trinajstić information content (AvgIpc) is 3.16. The van der Waals surface area contributed by atoms with Crippen molar-refractivity contribution in [3.8, 4) is 0 Å². The molecule has 0 bridgehead atoms. The number of piperazine rings is 1. The number of likely N-dealkylation sites (tertiary alicyclic amines) is 1. The third-order valence-corrected chi connectivity index (χ3v) is 5.16. The van der Waals surface area contributed by atoms with Crippen molar-refractivity contribution in [3.05, 3.63) is 23.9 Å². The van der Waals surface area contributed by atoms with Crippen LogP contribution in [0.5, 0.6) is 0 Å². The van der Waals surface area contributed by atoms with Crippen LogP contribution in [-0.2, 0) is 15.7 Å². The summed E-state index contributed by atoms with van der Waals surface area (Å²) in [7, 11) is 0. The first-order chi connectivity index (χ1) is 14.0. The van der Waals surface area contributed by atoms with Crippen LogP contribution in [0.4, 0.5) is 23.8 Å². The lowest BCUT2D eigenvalue weighted by atomic mass is 10.1. The van der Waals surface area contributed by atoms with Crippen molar-refractivity contribution in [1.82, 2.24) is 14.8 Å². The Bertz CT molecular complexity index is 769. The van der Waals surface area contributed by atoms with E-state index in [4.69, 9.17) is 4.74 Å². The summed E-state index contributed by atoms with van der Waals surface area (Å²) in [4.78, 5) is 34.4. The van der Waals surface area contributed by atoms with Gasteiger partial charge in [-0.05, 0) is 45.7 Å². The third kappa shape index (κ3) is 5.14. The van der Waals surface area contributed by atoms with Crippen molar-refractivity contribution < 1.29 is 27.5 Å². The Hall–Kier alpha value is -2.52. The number of anilines is 1. The van der Waals surface area contributed by atoms with E-state index in [0.29, 0.717) is 45.0 Å². The molecule has 166 valence electrons. The number of halogens is 3. The Morgan fingerprint density at radius 1 is 1.07 bits per heavy atom. The second-order valence-electron chi connectivity index (χ2n) is 8.55. The Kier molecular flexibility index (Phi) is 6.14. The number of ether oxygens (including phenoxy) is 1. The van der Waals surface area contributed by atoms with Crippen LogP contribution in [0.25, 0.3) is 0 Å². The van der Waals surface area contributed by atoms with Gasteiger partial charge in [-0.3, -0.25) is 9.69 Å². The minimum atomic E-state index is -4.42. The predicted octanol–water partition coefficient (Wildman–Crippen LogP) is 3.15. The maximum absolute atomic E-state index is 13.0. The standard InChI is InChI=1S/C20H27F3N4O3/c1-19(2,3)30-18(29)27-8-4-5-15(27)17(28)26-11-9-25(10-12-26)16-7-6-14(13-24-16)20(21,22)23/h6-7,13,15H,4-5,8-12H2,1-3H3/t15-/m0/s1. The SMILES string of the molecule is CC(C)(C)OC(=O)N1CCC[C@H]1C(=O)N1CCN(c2ccc(C(F)(F)F)cn2)CC1. The van der Waals surface area contributed by atoms with Crippen LogP contribution < -0.4 is 4.90 Å². The van der Waals surface area contributed by atoms with E-state index in [-0.39, 0.29) is 5.91 Å². The molecule has 0 unspecified atom stereocenters. The fourth-order valence-electron chi connectivity index (χ4n) is 3.67. The van der Waals surface area contributed by atoms with E-state index in [1.54, 1.807) is 25.7 Å². The zero-order valence-electron chi connectivity index (χ0n) is 17.4. The van der Waals surface area contributed by atoms with Crippen LogP contribution in [0.3, 0.4) is 0 Å². The first-order valence-corrected chi connectivity index (χ1v) is 10.0. The predicted molar refractivity (Wildman–Crippen MR) is 104 cm³/mol. The summed E-state index contributed by atoms with van der Waals surface area (Å²) in [5.41, 5.74) is -1.42. The summed E-state index contributed by atoms with van der Waals surface area (Å²) in [6.45, 7) is 7.60. The lowest BCUT2D eigenvalue weighted by molar-refractivity contribution is -0.138. The number of alkyl halides is 3. The van der Waals surface area contributed by atoms with Crippen LogP contribution >= 0.6 is 0 Å². The first-order valence-electron chi connectivity index (χ1n) is 10.0. The molecule has 1 aromatic rings. The maximum atomic E-state index is 13.0. The van der Waals surface area contributed by atoms with Crippen molar-refractivity contribution >= 4 is 17.8 Å². The van der Waals surface area contributed by atoms with Gasteiger partial charge in [-0.1, -0.05) is 0 Å². The van der Waals surface area contributed by atoms with Crippen LogP contribution in [0.2, 0.25) is 0 Å². The zero-order valence-corrected chi connectivity index (χ0v) is 17.4. The van der Waals surface area contributed by atoms with Gasteiger partial charge in [0.25, 0.3) is 0 Å². The molecule has 7 nitrogen and oxygen atoms in total. The molecule has 0 N–H and O–H groups in total. The first kappa shape index (κ1) is 22.2. The lowest BCUT2D eigenvalue weighted by Gasteiger charge is -2.38. The second-order valence-corrected chi connectivity index (χ2v) is 8.55. The number of nitrogens with zero attached hydrogens (tertiary/aromatic N) is 4. The van der Waals surface area contributed by atoms with E-state index in [9.17, 15) is 22.8 Å². The molecule has 10 heteroatoms. The number of hydrogen-bond donors (Lipinski definition) is 0. The van der Waals surface area contributed by atoms with Crippen LogP contribution in [-0.4, -0.2) is 71.2 Å². The number of carbonyl (C=O) groups excluding carboxylic acids is 2. The highest BCUT2D eigenvalue weighted by Crippen LogP contribution is 2.29. The summed E-state index contributed by atoms with van der Waals surface area (Å²) >= 11 is 0. The molecule has 0 aromatic carbocycles. The molecule has 2 fully saturated rings. The maximum Gasteiger partial charge on any atom is 0.417 e. The van der Waals surface area contributed by atoms with Gasteiger partial charge in [0, 0.05) is 38.9 Å². The number of pyridine rings is 1. The molecule has 0 spiro atoms. The van der Waals surface area contributed by atoms with Gasteiger partial charge in [0.05, 0.1) is 5.56 Å². The molecule has 3 heterocycles. The van der Waals surface area contributed by atoms with Gasteiger partial charge in [-0.25, -0.2) is 9.78 Å². The van der Waals surface area contributed by atoms with Crippen molar-refractivity contribution in [1.29, 1.82) is 0 Å². The largest absolute Gasteiger partial charge is 0.444 e.